The molecule has 15 heavy (non-hydrogen) atoms. The molecular weight excluding hydrogens is 194 g/mol. The predicted molar refractivity (Wildman–Crippen MR) is 57.3 cm³/mol. The molecule has 0 radical (unpaired) electrons. The monoisotopic (exact) mass is 213 g/mol. The molecule has 1 N–H and O–H groups in total. The molecule has 1 fully saturated rings. The molecule has 2 unspecified atom stereocenters. The number of hydrogen-bond donors (Lipinski definition) is 1. The van der Waals surface area contributed by atoms with Gasteiger partial charge in [-0.25, -0.2) is 4.79 Å². The predicted octanol–water partition coefficient (Wildman–Crippen LogP) is 1.22. The van der Waals surface area contributed by atoms with Crippen molar-refractivity contribution in [3.05, 3.63) is 12.7 Å². The van der Waals surface area contributed by atoms with Crippen LogP contribution in [0.5, 0.6) is 0 Å². The minimum atomic E-state index is -0.821. The first-order valence-corrected chi connectivity index (χ1v) is 5.37. The van der Waals surface area contributed by atoms with Crippen molar-refractivity contribution in [3.8, 4) is 0 Å². The molecule has 86 valence electrons. The third-order valence-electron chi connectivity index (χ3n) is 2.60. The summed E-state index contributed by atoms with van der Waals surface area (Å²) < 4.78 is 11.0. The minimum absolute atomic E-state index is 0.00935. The summed E-state index contributed by atoms with van der Waals surface area (Å²) in [6.07, 6.45) is 2.76. The van der Waals surface area contributed by atoms with Gasteiger partial charge in [-0.15, -0.1) is 0 Å². The lowest BCUT2D eigenvalue weighted by Crippen LogP contribution is -2.58. The third-order valence-corrected chi connectivity index (χ3v) is 2.60. The van der Waals surface area contributed by atoms with E-state index < -0.39 is 11.8 Å². The van der Waals surface area contributed by atoms with E-state index in [1.165, 1.54) is 6.08 Å². The van der Waals surface area contributed by atoms with Crippen LogP contribution in [0.1, 0.15) is 26.7 Å². The lowest BCUT2D eigenvalue weighted by atomic mass is 10.0. The number of esters is 1. The average molecular weight is 213 g/mol. The van der Waals surface area contributed by atoms with Crippen molar-refractivity contribution >= 4 is 5.97 Å². The van der Waals surface area contributed by atoms with Crippen LogP contribution in [0.3, 0.4) is 0 Å². The van der Waals surface area contributed by atoms with E-state index in [-0.39, 0.29) is 6.04 Å². The molecular formula is C11H19NO3. The molecule has 1 heterocycles. The van der Waals surface area contributed by atoms with E-state index >= 15 is 0 Å². The number of carbonyl (C=O) groups excluding carboxylic acids is 1. The van der Waals surface area contributed by atoms with Gasteiger partial charge in [0.15, 0.2) is 0 Å². The Labute approximate surface area is 90.6 Å². The fraction of sp³-hybridized carbons (Fsp3) is 0.727. The van der Waals surface area contributed by atoms with Gasteiger partial charge in [-0.05, 0) is 13.3 Å². The van der Waals surface area contributed by atoms with Crippen LogP contribution >= 0.6 is 0 Å². The van der Waals surface area contributed by atoms with Crippen LogP contribution in [0.4, 0.5) is 0 Å². The molecule has 0 aromatic carbocycles. The zero-order valence-electron chi connectivity index (χ0n) is 9.41. The largest absolute Gasteiger partial charge is 0.428 e. The van der Waals surface area contributed by atoms with E-state index in [0.717, 1.165) is 13.0 Å². The second kappa shape index (κ2) is 5.28. The fourth-order valence-corrected chi connectivity index (χ4v) is 1.80. The number of rotatable bonds is 4. The molecule has 0 bridgehead atoms. The van der Waals surface area contributed by atoms with E-state index in [1.54, 1.807) is 0 Å². The van der Waals surface area contributed by atoms with Gasteiger partial charge in [0.05, 0.1) is 12.6 Å². The third kappa shape index (κ3) is 2.79. The second-order valence-corrected chi connectivity index (χ2v) is 3.71. The maximum Gasteiger partial charge on any atom is 0.332 e. The van der Waals surface area contributed by atoms with Gasteiger partial charge in [0.25, 0.3) is 0 Å². The van der Waals surface area contributed by atoms with Crippen molar-refractivity contribution in [3.63, 3.8) is 0 Å². The number of hydrogen-bond acceptors (Lipinski definition) is 4. The lowest BCUT2D eigenvalue weighted by Gasteiger charge is -2.41. The van der Waals surface area contributed by atoms with Crippen LogP contribution in [-0.4, -0.2) is 30.9 Å². The van der Waals surface area contributed by atoms with Crippen LogP contribution in [0.2, 0.25) is 0 Å². The fourth-order valence-electron chi connectivity index (χ4n) is 1.80. The Morgan fingerprint density at radius 3 is 3.07 bits per heavy atom. The first-order valence-electron chi connectivity index (χ1n) is 5.37. The SMILES string of the molecule is C=CC(=O)OC1(CCC)OCCNC1C. The summed E-state index contributed by atoms with van der Waals surface area (Å²) >= 11 is 0. The molecule has 2 atom stereocenters. The van der Waals surface area contributed by atoms with Crippen molar-refractivity contribution in [2.75, 3.05) is 13.2 Å². The van der Waals surface area contributed by atoms with Crippen LogP contribution in [0.15, 0.2) is 12.7 Å². The number of carbonyl (C=O) groups is 1. The highest BCUT2D eigenvalue weighted by Crippen LogP contribution is 2.27. The zero-order chi connectivity index (χ0) is 11.3. The van der Waals surface area contributed by atoms with E-state index in [9.17, 15) is 4.79 Å². The van der Waals surface area contributed by atoms with Gasteiger partial charge in [-0.1, -0.05) is 13.5 Å². The van der Waals surface area contributed by atoms with E-state index in [4.69, 9.17) is 9.47 Å². The topological polar surface area (TPSA) is 47.6 Å². The Kier molecular flexibility index (Phi) is 4.29. The van der Waals surface area contributed by atoms with Gasteiger partial charge in [0.1, 0.15) is 0 Å². The quantitative estimate of drug-likeness (QED) is 0.563. The number of nitrogens with one attached hydrogen (secondary N) is 1. The van der Waals surface area contributed by atoms with E-state index in [1.807, 2.05) is 13.8 Å². The Bertz CT molecular complexity index is 238. The van der Waals surface area contributed by atoms with Crippen molar-refractivity contribution in [2.45, 2.75) is 38.5 Å². The van der Waals surface area contributed by atoms with Gasteiger partial charge in [-0.3, -0.25) is 0 Å². The summed E-state index contributed by atoms with van der Waals surface area (Å²) in [5.41, 5.74) is 0. The molecule has 0 amide bonds. The maximum atomic E-state index is 11.3. The van der Waals surface area contributed by atoms with Crippen LogP contribution in [0.25, 0.3) is 0 Å². The molecule has 0 aromatic rings. The molecule has 0 saturated carbocycles. The second-order valence-electron chi connectivity index (χ2n) is 3.71. The molecule has 1 saturated heterocycles. The highest BCUT2D eigenvalue weighted by Gasteiger charge is 2.42. The maximum absolute atomic E-state index is 11.3. The number of ether oxygens (including phenoxy) is 2. The molecule has 0 aliphatic carbocycles. The summed E-state index contributed by atoms with van der Waals surface area (Å²) in [6.45, 7) is 8.75. The first kappa shape index (κ1) is 12.2. The van der Waals surface area contributed by atoms with Gasteiger partial charge >= 0.3 is 5.97 Å². The molecule has 1 aliphatic heterocycles. The van der Waals surface area contributed by atoms with Crippen molar-refractivity contribution in [1.82, 2.24) is 5.32 Å². The Balaban J connectivity index is 2.75. The highest BCUT2D eigenvalue weighted by molar-refractivity contribution is 5.81. The molecule has 4 heteroatoms. The average Bonchev–Trinajstić information content (AvgIpc) is 2.23. The van der Waals surface area contributed by atoms with Crippen molar-refractivity contribution < 1.29 is 14.3 Å². The minimum Gasteiger partial charge on any atom is -0.428 e. The summed E-state index contributed by atoms with van der Waals surface area (Å²) in [5, 5.41) is 3.25. The highest BCUT2D eigenvalue weighted by atomic mass is 16.7. The number of morpholine rings is 1. The molecule has 0 spiro atoms. The molecule has 1 aliphatic rings. The normalized spacial score (nSPS) is 30.9. The Morgan fingerprint density at radius 1 is 1.80 bits per heavy atom. The van der Waals surface area contributed by atoms with Crippen LogP contribution in [-0.2, 0) is 14.3 Å². The van der Waals surface area contributed by atoms with E-state index in [0.29, 0.717) is 13.0 Å². The molecule has 4 nitrogen and oxygen atoms in total. The summed E-state index contributed by atoms with van der Waals surface area (Å²) in [7, 11) is 0. The van der Waals surface area contributed by atoms with Crippen LogP contribution < -0.4 is 5.32 Å². The summed E-state index contributed by atoms with van der Waals surface area (Å²) in [4.78, 5) is 11.3. The smallest absolute Gasteiger partial charge is 0.332 e. The van der Waals surface area contributed by atoms with E-state index in [2.05, 4.69) is 11.9 Å². The molecule has 0 aromatic heterocycles. The zero-order valence-corrected chi connectivity index (χ0v) is 9.41. The summed E-state index contributed by atoms with van der Waals surface area (Å²) in [5.74, 6) is -1.25. The van der Waals surface area contributed by atoms with Crippen molar-refractivity contribution in [1.29, 1.82) is 0 Å². The molecule has 1 rings (SSSR count). The lowest BCUT2D eigenvalue weighted by molar-refractivity contribution is -0.254. The van der Waals surface area contributed by atoms with Gasteiger partial charge in [-0.2, -0.15) is 0 Å². The summed E-state index contributed by atoms with van der Waals surface area (Å²) in [6, 6.07) is 0.00935. The van der Waals surface area contributed by atoms with Gasteiger partial charge in [0.2, 0.25) is 5.79 Å². The first-order chi connectivity index (χ1) is 7.14. The van der Waals surface area contributed by atoms with Gasteiger partial charge < -0.3 is 14.8 Å². The Hall–Kier alpha value is -0.870. The van der Waals surface area contributed by atoms with Gasteiger partial charge in [0, 0.05) is 19.0 Å². The van der Waals surface area contributed by atoms with Crippen molar-refractivity contribution in [2.24, 2.45) is 0 Å². The standard InChI is InChI=1S/C11H19NO3/c1-4-6-11(15-10(13)5-2)9(3)12-7-8-14-11/h5,9,12H,2,4,6-8H2,1,3H3. The van der Waals surface area contributed by atoms with Crippen LogP contribution in [0, 0.1) is 0 Å². The Morgan fingerprint density at radius 2 is 2.53 bits per heavy atom.